The summed E-state index contributed by atoms with van der Waals surface area (Å²) in [5.74, 6) is 0. The summed E-state index contributed by atoms with van der Waals surface area (Å²) in [6.07, 6.45) is 13.6. The lowest BCUT2D eigenvalue weighted by molar-refractivity contribution is 0.00681. The van der Waals surface area contributed by atoms with Crippen molar-refractivity contribution in [3.8, 4) is 0 Å². The van der Waals surface area contributed by atoms with Crippen LogP contribution in [0.25, 0.3) is 0 Å². The molecule has 0 rings (SSSR count). The standard InChI is InChI=1S/C17H37NO/c1-6-7-8-9-10-11-12-13-14-16(18-4)15-17(2,3)19-5/h16,18H,6-15H2,1-5H3. The van der Waals surface area contributed by atoms with Gasteiger partial charge in [0.15, 0.2) is 0 Å². The third-order valence-electron chi connectivity index (χ3n) is 4.10. The normalized spacial score (nSPS) is 13.7. The van der Waals surface area contributed by atoms with E-state index in [0.717, 1.165) is 6.42 Å². The molecule has 0 fully saturated rings. The lowest BCUT2D eigenvalue weighted by atomic mass is 9.94. The highest BCUT2D eigenvalue weighted by Crippen LogP contribution is 2.19. The number of methoxy groups -OCH3 is 1. The Morgan fingerprint density at radius 2 is 1.47 bits per heavy atom. The molecule has 2 nitrogen and oxygen atoms in total. The lowest BCUT2D eigenvalue weighted by Crippen LogP contribution is -2.35. The maximum Gasteiger partial charge on any atom is 0.0637 e. The zero-order chi connectivity index (χ0) is 14.6. The predicted molar refractivity (Wildman–Crippen MR) is 85.8 cm³/mol. The van der Waals surface area contributed by atoms with Crippen LogP contribution in [0.5, 0.6) is 0 Å². The molecule has 0 aromatic carbocycles. The van der Waals surface area contributed by atoms with Crippen LogP contribution in [0.3, 0.4) is 0 Å². The summed E-state index contributed by atoms with van der Waals surface area (Å²) >= 11 is 0. The first kappa shape index (κ1) is 18.9. The molecule has 116 valence electrons. The number of unbranched alkanes of at least 4 members (excludes halogenated alkanes) is 7. The van der Waals surface area contributed by atoms with Crippen LogP contribution in [0.4, 0.5) is 0 Å². The summed E-state index contributed by atoms with van der Waals surface area (Å²) in [7, 11) is 3.88. The molecule has 0 saturated heterocycles. The summed E-state index contributed by atoms with van der Waals surface area (Å²) < 4.78 is 5.51. The Kier molecular flexibility index (Phi) is 11.7. The van der Waals surface area contributed by atoms with Gasteiger partial charge in [-0.25, -0.2) is 0 Å². The van der Waals surface area contributed by atoms with Crippen molar-refractivity contribution in [2.45, 2.75) is 96.6 Å². The van der Waals surface area contributed by atoms with Gasteiger partial charge in [0.25, 0.3) is 0 Å². The number of hydrogen-bond donors (Lipinski definition) is 1. The van der Waals surface area contributed by atoms with Crippen molar-refractivity contribution in [1.82, 2.24) is 5.32 Å². The minimum Gasteiger partial charge on any atom is -0.379 e. The Morgan fingerprint density at radius 3 is 1.95 bits per heavy atom. The van der Waals surface area contributed by atoms with Crippen molar-refractivity contribution in [3.05, 3.63) is 0 Å². The van der Waals surface area contributed by atoms with Gasteiger partial charge in [-0.1, -0.05) is 58.3 Å². The molecule has 1 atom stereocenters. The van der Waals surface area contributed by atoms with Crippen LogP contribution in [0, 0.1) is 0 Å². The molecule has 1 N–H and O–H groups in total. The van der Waals surface area contributed by atoms with Crippen molar-refractivity contribution >= 4 is 0 Å². The van der Waals surface area contributed by atoms with Gasteiger partial charge in [-0.3, -0.25) is 0 Å². The maximum atomic E-state index is 5.51. The van der Waals surface area contributed by atoms with Crippen LogP contribution in [-0.2, 0) is 4.74 Å². The van der Waals surface area contributed by atoms with Crippen LogP contribution in [0.1, 0.15) is 85.0 Å². The monoisotopic (exact) mass is 271 g/mol. The Bertz CT molecular complexity index is 192. The molecule has 0 amide bonds. The fourth-order valence-electron chi connectivity index (χ4n) is 2.55. The molecule has 0 aliphatic heterocycles. The van der Waals surface area contributed by atoms with Gasteiger partial charge in [0.2, 0.25) is 0 Å². The van der Waals surface area contributed by atoms with Crippen LogP contribution in [-0.4, -0.2) is 25.8 Å². The second-order valence-electron chi connectivity index (χ2n) is 6.42. The van der Waals surface area contributed by atoms with E-state index in [0.29, 0.717) is 6.04 Å². The average molecular weight is 271 g/mol. The largest absolute Gasteiger partial charge is 0.379 e. The van der Waals surface area contributed by atoms with Gasteiger partial charge in [0.1, 0.15) is 0 Å². The smallest absolute Gasteiger partial charge is 0.0637 e. The van der Waals surface area contributed by atoms with Crippen LogP contribution in [0.15, 0.2) is 0 Å². The zero-order valence-electron chi connectivity index (χ0n) is 14.1. The van der Waals surface area contributed by atoms with E-state index >= 15 is 0 Å². The molecule has 0 aromatic rings. The van der Waals surface area contributed by atoms with Gasteiger partial charge < -0.3 is 10.1 Å². The Hall–Kier alpha value is -0.0800. The van der Waals surface area contributed by atoms with Crippen LogP contribution >= 0.6 is 0 Å². The highest BCUT2D eigenvalue weighted by atomic mass is 16.5. The Labute approximate surface area is 121 Å². The van der Waals surface area contributed by atoms with Crippen molar-refractivity contribution in [2.24, 2.45) is 0 Å². The minimum absolute atomic E-state index is 0.00612. The number of hydrogen-bond acceptors (Lipinski definition) is 2. The summed E-state index contributed by atoms with van der Waals surface area (Å²) in [5.41, 5.74) is -0.00612. The summed E-state index contributed by atoms with van der Waals surface area (Å²) in [6.45, 7) is 6.62. The number of ether oxygens (including phenoxy) is 1. The third-order valence-corrected chi connectivity index (χ3v) is 4.10. The predicted octanol–water partition coefficient (Wildman–Crippen LogP) is 4.92. The van der Waals surface area contributed by atoms with Gasteiger partial charge in [-0.05, 0) is 33.7 Å². The molecule has 0 aliphatic rings. The first-order chi connectivity index (χ1) is 9.05. The van der Waals surface area contributed by atoms with E-state index in [1.54, 1.807) is 0 Å². The lowest BCUT2D eigenvalue weighted by Gasteiger charge is -2.28. The van der Waals surface area contributed by atoms with Gasteiger partial charge in [-0.15, -0.1) is 0 Å². The Morgan fingerprint density at radius 1 is 0.947 bits per heavy atom. The van der Waals surface area contributed by atoms with E-state index in [2.05, 4.69) is 33.1 Å². The topological polar surface area (TPSA) is 21.3 Å². The van der Waals surface area contributed by atoms with E-state index in [4.69, 9.17) is 4.74 Å². The highest BCUT2D eigenvalue weighted by Gasteiger charge is 2.21. The zero-order valence-corrected chi connectivity index (χ0v) is 14.1. The van der Waals surface area contributed by atoms with Gasteiger partial charge in [0, 0.05) is 13.2 Å². The molecule has 0 aliphatic carbocycles. The molecule has 2 heteroatoms. The van der Waals surface area contributed by atoms with Crippen molar-refractivity contribution < 1.29 is 4.74 Å². The van der Waals surface area contributed by atoms with Crippen molar-refractivity contribution in [3.63, 3.8) is 0 Å². The molecule has 0 aromatic heterocycles. The van der Waals surface area contributed by atoms with E-state index in [1.807, 2.05) is 7.11 Å². The first-order valence-electron chi connectivity index (χ1n) is 8.28. The molecule has 0 bridgehead atoms. The second-order valence-corrected chi connectivity index (χ2v) is 6.42. The first-order valence-corrected chi connectivity index (χ1v) is 8.28. The quantitative estimate of drug-likeness (QED) is 0.480. The van der Waals surface area contributed by atoms with E-state index in [1.165, 1.54) is 57.8 Å². The highest BCUT2D eigenvalue weighted by molar-refractivity contribution is 4.77. The van der Waals surface area contributed by atoms with Crippen molar-refractivity contribution in [2.75, 3.05) is 14.2 Å². The Balaban J connectivity index is 3.51. The molecule has 1 unspecified atom stereocenters. The molecule has 0 saturated carbocycles. The van der Waals surface area contributed by atoms with Gasteiger partial charge in [-0.2, -0.15) is 0 Å². The summed E-state index contributed by atoms with van der Waals surface area (Å²) in [6, 6.07) is 0.593. The molecular weight excluding hydrogens is 234 g/mol. The fourth-order valence-corrected chi connectivity index (χ4v) is 2.55. The number of nitrogens with one attached hydrogen (secondary N) is 1. The summed E-state index contributed by atoms with van der Waals surface area (Å²) in [5, 5.41) is 3.43. The minimum atomic E-state index is -0.00612. The summed E-state index contributed by atoms with van der Waals surface area (Å²) in [4.78, 5) is 0. The van der Waals surface area contributed by atoms with Gasteiger partial charge >= 0.3 is 0 Å². The molecule has 0 radical (unpaired) electrons. The molecular formula is C17H37NO. The van der Waals surface area contributed by atoms with Crippen molar-refractivity contribution in [1.29, 1.82) is 0 Å². The molecule has 0 spiro atoms. The van der Waals surface area contributed by atoms with E-state index in [9.17, 15) is 0 Å². The third kappa shape index (κ3) is 11.4. The van der Waals surface area contributed by atoms with E-state index in [-0.39, 0.29) is 5.60 Å². The SMILES string of the molecule is CCCCCCCCCCC(CC(C)(C)OC)NC. The van der Waals surface area contributed by atoms with Crippen LogP contribution < -0.4 is 5.32 Å². The fraction of sp³-hybridized carbons (Fsp3) is 1.00. The van der Waals surface area contributed by atoms with Gasteiger partial charge in [0.05, 0.1) is 5.60 Å². The van der Waals surface area contributed by atoms with Crippen LogP contribution in [0.2, 0.25) is 0 Å². The number of rotatable bonds is 13. The second kappa shape index (κ2) is 11.7. The van der Waals surface area contributed by atoms with E-state index < -0.39 is 0 Å². The maximum absolute atomic E-state index is 5.51. The average Bonchev–Trinajstić information content (AvgIpc) is 2.40. The molecule has 19 heavy (non-hydrogen) atoms. The molecule has 0 heterocycles.